The van der Waals surface area contributed by atoms with Crippen molar-refractivity contribution in [2.45, 2.75) is 33.7 Å². The number of carbonyl (C=O) groups excluding carboxylic acids is 1. The summed E-state index contributed by atoms with van der Waals surface area (Å²) in [5.74, 6) is 2.28. The van der Waals surface area contributed by atoms with Crippen LogP contribution in [0.1, 0.15) is 30.4 Å². The van der Waals surface area contributed by atoms with Crippen molar-refractivity contribution in [2.75, 3.05) is 39.4 Å². The number of carbonyl (C=O) groups is 1. The van der Waals surface area contributed by atoms with Gasteiger partial charge < -0.3 is 14.2 Å². The van der Waals surface area contributed by atoms with E-state index < -0.39 is 0 Å². The molecular formula is C17H27N3O3. The maximum atomic E-state index is 12.1. The Bertz CT molecular complexity index is 538. The molecule has 2 fully saturated rings. The van der Waals surface area contributed by atoms with Crippen LogP contribution >= 0.6 is 0 Å². The molecule has 2 atom stereocenters. The molecule has 1 amide bonds. The molecule has 2 saturated heterocycles. The minimum Gasteiger partial charge on any atom is -0.372 e. The second-order valence-corrected chi connectivity index (χ2v) is 6.78. The lowest BCUT2D eigenvalue weighted by atomic mass is 9.88. The molecule has 1 aromatic heterocycles. The molecule has 0 unspecified atom stereocenters. The van der Waals surface area contributed by atoms with Gasteiger partial charge in [0, 0.05) is 38.3 Å². The first-order valence-corrected chi connectivity index (χ1v) is 8.58. The van der Waals surface area contributed by atoms with Gasteiger partial charge >= 0.3 is 0 Å². The molecule has 6 nitrogen and oxygen atoms in total. The van der Waals surface area contributed by atoms with Gasteiger partial charge in [-0.05, 0) is 45.6 Å². The van der Waals surface area contributed by atoms with Crippen LogP contribution in [0, 0.1) is 25.7 Å². The zero-order valence-corrected chi connectivity index (χ0v) is 14.4. The lowest BCUT2D eigenvalue weighted by Gasteiger charge is -2.34. The van der Waals surface area contributed by atoms with E-state index in [2.05, 4.69) is 10.1 Å². The number of rotatable bonds is 5. The maximum absolute atomic E-state index is 12.1. The van der Waals surface area contributed by atoms with E-state index in [0.29, 0.717) is 18.4 Å². The van der Waals surface area contributed by atoms with Gasteiger partial charge in [0.15, 0.2) is 0 Å². The molecule has 0 spiro atoms. The summed E-state index contributed by atoms with van der Waals surface area (Å²) in [4.78, 5) is 16.6. The monoisotopic (exact) mass is 321 g/mol. The van der Waals surface area contributed by atoms with E-state index in [1.807, 2.05) is 25.7 Å². The summed E-state index contributed by atoms with van der Waals surface area (Å²) in [6.45, 7) is 11.5. The molecular weight excluding hydrogens is 294 g/mol. The van der Waals surface area contributed by atoms with E-state index in [9.17, 15) is 4.79 Å². The van der Waals surface area contributed by atoms with Crippen molar-refractivity contribution in [2.24, 2.45) is 11.8 Å². The largest absolute Gasteiger partial charge is 0.372 e. The average molecular weight is 321 g/mol. The molecule has 3 heterocycles. The van der Waals surface area contributed by atoms with Crippen LogP contribution in [0.4, 0.5) is 0 Å². The minimum atomic E-state index is 0.138. The lowest BCUT2D eigenvalue weighted by Crippen LogP contribution is -2.39. The number of likely N-dealkylation sites (tertiary alicyclic amines) is 2. The van der Waals surface area contributed by atoms with Gasteiger partial charge in [0.2, 0.25) is 5.91 Å². The van der Waals surface area contributed by atoms with Crippen molar-refractivity contribution in [3.05, 3.63) is 17.0 Å². The van der Waals surface area contributed by atoms with Crippen molar-refractivity contribution >= 4 is 5.91 Å². The Kier molecular flexibility index (Phi) is 5.02. The van der Waals surface area contributed by atoms with Crippen molar-refractivity contribution in [3.8, 4) is 0 Å². The fourth-order valence-corrected chi connectivity index (χ4v) is 3.82. The lowest BCUT2D eigenvalue weighted by molar-refractivity contribution is -0.135. The third kappa shape index (κ3) is 3.58. The number of aryl methyl sites for hydroxylation is 2. The fraction of sp³-hybridized carbons (Fsp3) is 0.765. The van der Waals surface area contributed by atoms with Gasteiger partial charge in [-0.25, -0.2) is 0 Å². The quantitative estimate of drug-likeness (QED) is 0.824. The maximum Gasteiger partial charge on any atom is 0.248 e. The van der Waals surface area contributed by atoms with Gasteiger partial charge in [0.05, 0.1) is 5.69 Å². The van der Waals surface area contributed by atoms with Crippen molar-refractivity contribution < 1.29 is 14.1 Å². The fourth-order valence-electron chi connectivity index (χ4n) is 3.82. The normalized spacial score (nSPS) is 24.9. The molecule has 0 aliphatic carbocycles. The number of ether oxygens (including phenoxy) is 1. The summed E-state index contributed by atoms with van der Waals surface area (Å²) in [5, 5.41) is 4.04. The van der Waals surface area contributed by atoms with E-state index in [4.69, 9.17) is 9.26 Å². The number of hydrogen-bond acceptors (Lipinski definition) is 5. The molecule has 2 aliphatic rings. The molecule has 6 heteroatoms. The highest BCUT2D eigenvalue weighted by molar-refractivity contribution is 5.77. The van der Waals surface area contributed by atoms with Crippen LogP contribution in [0.15, 0.2) is 4.52 Å². The van der Waals surface area contributed by atoms with Gasteiger partial charge in [-0.2, -0.15) is 0 Å². The number of amides is 1. The Labute approximate surface area is 137 Å². The van der Waals surface area contributed by atoms with E-state index >= 15 is 0 Å². The van der Waals surface area contributed by atoms with E-state index in [-0.39, 0.29) is 12.5 Å². The van der Waals surface area contributed by atoms with E-state index in [1.54, 1.807) is 0 Å². The first-order valence-electron chi connectivity index (χ1n) is 8.58. The molecule has 1 aromatic rings. The minimum absolute atomic E-state index is 0.138. The number of hydrogen-bond donors (Lipinski definition) is 0. The standard InChI is InChI=1S/C17H27N3O3/c1-4-22-11-17(21)20-8-14-5-6-19(7-15(14)9-20)10-16-12(2)18-23-13(16)3/h14-15H,4-11H2,1-3H3/t14-,15+/m1/s1. The first kappa shape index (κ1) is 16.5. The molecule has 3 rings (SSSR count). The molecule has 0 N–H and O–H groups in total. The number of piperidine rings is 1. The summed E-state index contributed by atoms with van der Waals surface area (Å²) in [7, 11) is 0. The zero-order valence-electron chi connectivity index (χ0n) is 14.4. The Morgan fingerprint density at radius 2 is 2.09 bits per heavy atom. The Hall–Kier alpha value is -1.40. The average Bonchev–Trinajstić information content (AvgIpc) is 3.10. The zero-order chi connectivity index (χ0) is 16.4. The predicted molar refractivity (Wildman–Crippen MR) is 85.9 cm³/mol. The van der Waals surface area contributed by atoms with Crippen molar-refractivity contribution in [3.63, 3.8) is 0 Å². The number of aromatic nitrogens is 1. The second kappa shape index (κ2) is 7.01. The molecule has 0 bridgehead atoms. The summed E-state index contributed by atoms with van der Waals surface area (Å²) >= 11 is 0. The Morgan fingerprint density at radius 3 is 2.78 bits per heavy atom. The third-order valence-electron chi connectivity index (χ3n) is 5.23. The number of fused-ring (bicyclic) bond motifs is 1. The summed E-state index contributed by atoms with van der Waals surface area (Å²) in [6, 6.07) is 0. The summed E-state index contributed by atoms with van der Waals surface area (Å²) in [5.41, 5.74) is 2.20. The molecule has 23 heavy (non-hydrogen) atoms. The second-order valence-electron chi connectivity index (χ2n) is 6.78. The van der Waals surface area contributed by atoms with Crippen LogP contribution in [0.2, 0.25) is 0 Å². The molecule has 0 radical (unpaired) electrons. The highest BCUT2D eigenvalue weighted by Crippen LogP contribution is 2.32. The van der Waals surface area contributed by atoms with Crippen molar-refractivity contribution in [1.29, 1.82) is 0 Å². The van der Waals surface area contributed by atoms with Gasteiger partial charge in [0.25, 0.3) is 0 Å². The van der Waals surface area contributed by atoms with Gasteiger partial charge in [-0.3, -0.25) is 9.69 Å². The SMILES string of the molecule is CCOCC(=O)N1C[C@H]2CCN(Cc3c(C)noc3C)C[C@H]2C1. The van der Waals surface area contributed by atoms with E-state index in [0.717, 1.165) is 50.6 Å². The first-order chi connectivity index (χ1) is 11.1. The van der Waals surface area contributed by atoms with Gasteiger partial charge in [0.1, 0.15) is 12.4 Å². The topological polar surface area (TPSA) is 58.8 Å². The molecule has 0 saturated carbocycles. The summed E-state index contributed by atoms with van der Waals surface area (Å²) < 4.78 is 10.5. The molecule has 128 valence electrons. The van der Waals surface area contributed by atoms with Gasteiger partial charge in [-0.1, -0.05) is 5.16 Å². The van der Waals surface area contributed by atoms with Crippen LogP contribution in [0.25, 0.3) is 0 Å². The number of nitrogens with zero attached hydrogens (tertiary/aromatic N) is 3. The molecule has 0 aromatic carbocycles. The van der Waals surface area contributed by atoms with Crippen molar-refractivity contribution in [1.82, 2.24) is 15.0 Å². The molecule has 2 aliphatic heterocycles. The Balaban J connectivity index is 1.55. The van der Waals surface area contributed by atoms with Crippen LogP contribution in [0.3, 0.4) is 0 Å². The van der Waals surface area contributed by atoms with Crippen LogP contribution in [-0.4, -0.2) is 60.3 Å². The summed E-state index contributed by atoms with van der Waals surface area (Å²) in [6.07, 6.45) is 1.16. The highest BCUT2D eigenvalue weighted by atomic mass is 16.5. The predicted octanol–water partition coefficient (Wildman–Crippen LogP) is 1.61. The van der Waals surface area contributed by atoms with Crippen LogP contribution in [-0.2, 0) is 16.1 Å². The van der Waals surface area contributed by atoms with Gasteiger partial charge in [-0.15, -0.1) is 0 Å². The smallest absolute Gasteiger partial charge is 0.248 e. The van der Waals surface area contributed by atoms with Crippen LogP contribution in [0.5, 0.6) is 0 Å². The highest BCUT2D eigenvalue weighted by Gasteiger charge is 2.38. The Morgan fingerprint density at radius 1 is 1.30 bits per heavy atom. The third-order valence-corrected chi connectivity index (χ3v) is 5.23. The van der Waals surface area contributed by atoms with E-state index in [1.165, 1.54) is 5.56 Å². The van der Waals surface area contributed by atoms with Crippen LogP contribution < -0.4 is 0 Å².